The molecule has 2 saturated heterocycles. The smallest absolute Gasteiger partial charge is 0.225 e. The zero-order valence-electron chi connectivity index (χ0n) is 13.4. The maximum Gasteiger partial charge on any atom is 0.225 e. The molecule has 0 aliphatic carbocycles. The van der Waals surface area contributed by atoms with E-state index in [4.69, 9.17) is 9.47 Å². The lowest BCUT2D eigenvalue weighted by atomic mass is 10.1. The minimum atomic E-state index is -0.215. The lowest BCUT2D eigenvalue weighted by molar-refractivity contribution is -0.129. The van der Waals surface area contributed by atoms with E-state index in [-0.39, 0.29) is 17.7 Å². The molecule has 2 fully saturated rings. The van der Waals surface area contributed by atoms with Crippen molar-refractivity contribution >= 4 is 11.8 Å². The molecule has 7 heteroatoms. The molecule has 126 valence electrons. The Balaban J connectivity index is 1.60. The Morgan fingerprint density at radius 2 is 2.14 bits per heavy atom. The molecule has 1 unspecified atom stereocenters. The summed E-state index contributed by atoms with van der Waals surface area (Å²) in [5.74, 6) is -0.173. The summed E-state index contributed by atoms with van der Waals surface area (Å²) in [6.45, 7) is 6.78. The second-order valence-corrected chi connectivity index (χ2v) is 5.83. The normalized spacial score (nSPS) is 23.0. The molecule has 0 spiro atoms. The number of carbonyl (C=O) groups excluding carboxylic acids is 2. The van der Waals surface area contributed by atoms with Crippen molar-refractivity contribution in [3.63, 3.8) is 0 Å². The lowest BCUT2D eigenvalue weighted by Crippen LogP contribution is -2.39. The number of hydrogen-bond acceptors (Lipinski definition) is 5. The molecule has 7 nitrogen and oxygen atoms in total. The highest BCUT2D eigenvalue weighted by atomic mass is 16.5. The number of methoxy groups -OCH3 is 1. The van der Waals surface area contributed by atoms with Gasteiger partial charge in [0.05, 0.1) is 25.7 Å². The largest absolute Gasteiger partial charge is 0.383 e. The zero-order valence-corrected chi connectivity index (χ0v) is 13.4. The molecular weight excluding hydrogens is 286 g/mol. The minimum Gasteiger partial charge on any atom is -0.383 e. The highest BCUT2D eigenvalue weighted by Gasteiger charge is 2.33. The fourth-order valence-electron chi connectivity index (χ4n) is 2.85. The van der Waals surface area contributed by atoms with Crippen molar-refractivity contribution in [3.05, 3.63) is 0 Å². The molecule has 2 amide bonds. The van der Waals surface area contributed by atoms with E-state index >= 15 is 0 Å². The fraction of sp³-hybridized carbons (Fsp3) is 0.867. The number of likely N-dealkylation sites (tertiary alicyclic amines) is 1. The lowest BCUT2D eigenvalue weighted by Gasteiger charge is -2.26. The topological polar surface area (TPSA) is 71.1 Å². The van der Waals surface area contributed by atoms with Gasteiger partial charge < -0.3 is 19.7 Å². The van der Waals surface area contributed by atoms with Crippen LogP contribution in [-0.2, 0) is 19.1 Å². The molecular formula is C15H27N3O4. The van der Waals surface area contributed by atoms with Crippen LogP contribution in [-0.4, -0.2) is 87.8 Å². The minimum absolute atomic E-state index is 0.00440. The number of nitrogens with one attached hydrogen (secondary N) is 1. The van der Waals surface area contributed by atoms with Crippen LogP contribution in [0.1, 0.15) is 12.8 Å². The molecule has 0 radical (unpaired) electrons. The molecule has 1 N–H and O–H groups in total. The summed E-state index contributed by atoms with van der Waals surface area (Å²) in [5.41, 5.74) is 0. The van der Waals surface area contributed by atoms with E-state index < -0.39 is 0 Å². The van der Waals surface area contributed by atoms with E-state index in [1.54, 1.807) is 12.0 Å². The van der Waals surface area contributed by atoms with Gasteiger partial charge in [0.15, 0.2) is 0 Å². The maximum atomic E-state index is 12.1. The first-order chi connectivity index (χ1) is 10.7. The second-order valence-electron chi connectivity index (χ2n) is 5.83. The van der Waals surface area contributed by atoms with Crippen LogP contribution in [0.4, 0.5) is 0 Å². The Labute approximate surface area is 131 Å². The van der Waals surface area contributed by atoms with Gasteiger partial charge in [0.2, 0.25) is 11.8 Å². The Kier molecular flexibility index (Phi) is 7.08. The fourth-order valence-corrected chi connectivity index (χ4v) is 2.85. The number of ether oxygens (including phenoxy) is 2. The number of nitrogens with zero attached hydrogens (tertiary/aromatic N) is 2. The van der Waals surface area contributed by atoms with Crippen molar-refractivity contribution in [3.8, 4) is 0 Å². The molecule has 0 bridgehead atoms. The van der Waals surface area contributed by atoms with Crippen molar-refractivity contribution in [1.29, 1.82) is 0 Å². The molecule has 0 aromatic carbocycles. The molecule has 0 saturated carbocycles. The summed E-state index contributed by atoms with van der Waals surface area (Å²) in [7, 11) is 1.61. The van der Waals surface area contributed by atoms with E-state index in [1.807, 2.05) is 0 Å². The van der Waals surface area contributed by atoms with E-state index in [0.717, 1.165) is 39.3 Å². The predicted molar refractivity (Wildman–Crippen MR) is 81.4 cm³/mol. The standard InChI is InChI=1S/C15H27N3O4/c1-21-8-7-18-12-13(11-14(18)19)15(20)16-3-2-4-17-5-9-22-10-6-17/h13H,2-12H2,1H3,(H,16,20). The average Bonchev–Trinajstić information content (AvgIpc) is 2.91. The first-order valence-corrected chi connectivity index (χ1v) is 8.05. The van der Waals surface area contributed by atoms with Gasteiger partial charge in [0, 0.05) is 46.3 Å². The predicted octanol–water partition coefficient (Wildman–Crippen LogP) is -0.680. The van der Waals surface area contributed by atoms with Gasteiger partial charge in [-0.2, -0.15) is 0 Å². The van der Waals surface area contributed by atoms with Crippen LogP contribution in [0.3, 0.4) is 0 Å². The van der Waals surface area contributed by atoms with Gasteiger partial charge in [-0.25, -0.2) is 0 Å². The third kappa shape index (κ3) is 5.23. The number of carbonyl (C=O) groups is 2. The van der Waals surface area contributed by atoms with Crippen LogP contribution in [0.15, 0.2) is 0 Å². The van der Waals surface area contributed by atoms with Crippen molar-refractivity contribution in [2.45, 2.75) is 12.8 Å². The van der Waals surface area contributed by atoms with Crippen molar-refractivity contribution in [2.75, 3.05) is 66.2 Å². The highest BCUT2D eigenvalue weighted by molar-refractivity contribution is 5.89. The quantitative estimate of drug-likeness (QED) is 0.601. The van der Waals surface area contributed by atoms with Crippen LogP contribution in [0.25, 0.3) is 0 Å². The monoisotopic (exact) mass is 313 g/mol. The summed E-state index contributed by atoms with van der Waals surface area (Å²) in [6.07, 6.45) is 1.25. The average molecular weight is 313 g/mol. The van der Waals surface area contributed by atoms with E-state index in [0.29, 0.717) is 32.7 Å². The highest BCUT2D eigenvalue weighted by Crippen LogP contribution is 2.17. The van der Waals surface area contributed by atoms with Crippen LogP contribution >= 0.6 is 0 Å². The third-order valence-electron chi connectivity index (χ3n) is 4.20. The summed E-state index contributed by atoms with van der Waals surface area (Å²) in [6, 6.07) is 0. The van der Waals surface area contributed by atoms with Crippen LogP contribution in [0.5, 0.6) is 0 Å². The first kappa shape index (κ1) is 17.2. The summed E-state index contributed by atoms with van der Waals surface area (Å²) < 4.78 is 10.3. The molecule has 1 atom stereocenters. The van der Waals surface area contributed by atoms with Crippen molar-refractivity contribution in [2.24, 2.45) is 5.92 Å². The van der Waals surface area contributed by atoms with Gasteiger partial charge in [-0.05, 0) is 13.0 Å². The van der Waals surface area contributed by atoms with Crippen molar-refractivity contribution < 1.29 is 19.1 Å². The third-order valence-corrected chi connectivity index (χ3v) is 4.20. The molecule has 2 rings (SSSR count). The number of hydrogen-bond donors (Lipinski definition) is 1. The van der Waals surface area contributed by atoms with Gasteiger partial charge in [-0.3, -0.25) is 14.5 Å². The van der Waals surface area contributed by atoms with E-state index in [1.165, 1.54) is 0 Å². The number of rotatable bonds is 8. The van der Waals surface area contributed by atoms with Crippen LogP contribution in [0, 0.1) is 5.92 Å². The maximum absolute atomic E-state index is 12.1. The van der Waals surface area contributed by atoms with Gasteiger partial charge in [0.25, 0.3) is 0 Å². The van der Waals surface area contributed by atoms with E-state index in [2.05, 4.69) is 10.2 Å². The van der Waals surface area contributed by atoms with Crippen molar-refractivity contribution in [1.82, 2.24) is 15.1 Å². The van der Waals surface area contributed by atoms with Gasteiger partial charge in [-0.15, -0.1) is 0 Å². The Hall–Kier alpha value is -1.18. The molecule has 2 aliphatic heterocycles. The Bertz CT molecular complexity index is 372. The summed E-state index contributed by atoms with van der Waals surface area (Å²) >= 11 is 0. The number of morpholine rings is 1. The molecule has 0 aromatic heterocycles. The number of amides is 2. The van der Waals surface area contributed by atoms with Crippen LogP contribution in [0.2, 0.25) is 0 Å². The molecule has 0 aromatic rings. The van der Waals surface area contributed by atoms with E-state index in [9.17, 15) is 9.59 Å². The summed E-state index contributed by atoms with van der Waals surface area (Å²) in [4.78, 5) is 28.0. The van der Waals surface area contributed by atoms with Crippen LogP contribution < -0.4 is 5.32 Å². The first-order valence-electron chi connectivity index (χ1n) is 8.05. The second kappa shape index (κ2) is 9.07. The SMILES string of the molecule is COCCN1CC(C(=O)NCCCN2CCOCC2)CC1=O. The zero-order chi connectivity index (χ0) is 15.8. The molecule has 2 heterocycles. The Morgan fingerprint density at radius 3 is 2.86 bits per heavy atom. The van der Waals surface area contributed by atoms with Gasteiger partial charge in [0.1, 0.15) is 0 Å². The van der Waals surface area contributed by atoms with Gasteiger partial charge in [-0.1, -0.05) is 0 Å². The Morgan fingerprint density at radius 1 is 1.36 bits per heavy atom. The molecule has 22 heavy (non-hydrogen) atoms. The summed E-state index contributed by atoms with van der Waals surface area (Å²) in [5, 5.41) is 2.95. The van der Waals surface area contributed by atoms with Gasteiger partial charge >= 0.3 is 0 Å². The molecule has 2 aliphatic rings.